The van der Waals surface area contributed by atoms with Gasteiger partial charge >= 0.3 is 0 Å². The molecule has 0 bridgehead atoms. The van der Waals surface area contributed by atoms with Crippen LogP contribution in [0.25, 0.3) is 0 Å². The van der Waals surface area contributed by atoms with Gasteiger partial charge in [0, 0.05) is 25.4 Å². The van der Waals surface area contributed by atoms with E-state index < -0.39 is 0 Å². The van der Waals surface area contributed by atoms with E-state index in [4.69, 9.17) is 16.9 Å². The minimum Gasteiger partial charge on any atom is -0.404 e. The molecular formula is C11H20N4O2. The van der Waals surface area contributed by atoms with Gasteiger partial charge in [-0.1, -0.05) is 12.8 Å². The molecular weight excluding hydrogens is 220 g/mol. The Morgan fingerprint density at radius 2 is 1.82 bits per heavy atom. The quantitative estimate of drug-likeness (QED) is 0.258. The second-order valence-corrected chi connectivity index (χ2v) is 3.65. The predicted octanol–water partition coefficient (Wildman–Crippen LogP) is 0.0306. The topological polar surface area (TPSA) is 122 Å². The van der Waals surface area contributed by atoms with Crippen LogP contribution in [0, 0.1) is 5.41 Å². The van der Waals surface area contributed by atoms with Gasteiger partial charge in [0.05, 0.1) is 5.57 Å². The van der Waals surface area contributed by atoms with Crippen molar-refractivity contribution in [3.8, 4) is 0 Å². The molecule has 2 amide bonds. The lowest BCUT2D eigenvalue weighted by molar-refractivity contribution is -0.118. The van der Waals surface area contributed by atoms with Crippen molar-refractivity contribution in [3.63, 3.8) is 0 Å². The summed E-state index contributed by atoms with van der Waals surface area (Å²) in [4.78, 5) is 21.8. The monoisotopic (exact) mass is 240 g/mol. The molecule has 0 radical (unpaired) electrons. The van der Waals surface area contributed by atoms with Crippen molar-refractivity contribution in [1.82, 2.24) is 5.32 Å². The third-order valence-corrected chi connectivity index (χ3v) is 2.23. The maximum absolute atomic E-state index is 11.3. The zero-order valence-corrected chi connectivity index (χ0v) is 9.87. The molecule has 0 aromatic carbocycles. The molecule has 0 unspecified atom stereocenters. The molecule has 0 aliphatic rings. The van der Waals surface area contributed by atoms with Crippen LogP contribution in [0.2, 0.25) is 0 Å². The van der Waals surface area contributed by atoms with Crippen LogP contribution in [0.4, 0.5) is 0 Å². The van der Waals surface area contributed by atoms with Crippen LogP contribution in [-0.2, 0) is 9.59 Å². The van der Waals surface area contributed by atoms with Gasteiger partial charge in [0.25, 0.3) is 5.91 Å². The molecule has 6 heteroatoms. The van der Waals surface area contributed by atoms with Gasteiger partial charge < -0.3 is 22.2 Å². The van der Waals surface area contributed by atoms with Crippen LogP contribution in [0.1, 0.15) is 32.1 Å². The SMILES string of the molecule is N=C/C(=C\N)C(=O)NCCCCCCC(N)=O. The lowest BCUT2D eigenvalue weighted by Gasteiger charge is -2.04. The Bertz CT molecular complexity index is 300. The first-order valence-electron chi connectivity index (χ1n) is 5.60. The van der Waals surface area contributed by atoms with Gasteiger partial charge in [-0.3, -0.25) is 9.59 Å². The van der Waals surface area contributed by atoms with Gasteiger partial charge in [0.2, 0.25) is 5.91 Å². The van der Waals surface area contributed by atoms with Gasteiger partial charge in [-0.05, 0) is 12.8 Å². The average Bonchev–Trinajstić information content (AvgIpc) is 2.29. The fourth-order valence-corrected chi connectivity index (χ4v) is 1.27. The summed E-state index contributed by atoms with van der Waals surface area (Å²) in [5.41, 5.74) is 10.3. The highest BCUT2D eigenvalue weighted by atomic mass is 16.2. The fraction of sp³-hybridized carbons (Fsp3) is 0.545. The first-order chi connectivity index (χ1) is 8.11. The largest absolute Gasteiger partial charge is 0.404 e. The highest BCUT2D eigenvalue weighted by Gasteiger charge is 2.04. The second-order valence-electron chi connectivity index (χ2n) is 3.65. The number of carbonyl (C=O) groups is 2. The molecule has 6 N–H and O–H groups in total. The lowest BCUT2D eigenvalue weighted by atomic mass is 10.1. The van der Waals surface area contributed by atoms with Gasteiger partial charge in [-0.15, -0.1) is 0 Å². The van der Waals surface area contributed by atoms with Crippen LogP contribution < -0.4 is 16.8 Å². The third kappa shape index (κ3) is 8.01. The highest BCUT2D eigenvalue weighted by molar-refractivity contribution is 6.11. The fourth-order valence-electron chi connectivity index (χ4n) is 1.27. The number of hydrogen-bond donors (Lipinski definition) is 4. The molecule has 0 aliphatic carbocycles. The Morgan fingerprint density at radius 1 is 1.18 bits per heavy atom. The molecule has 0 aromatic rings. The minimum atomic E-state index is -0.334. The molecule has 96 valence electrons. The number of primary amides is 1. The maximum Gasteiger partial charge on any atom is 0.254 e. The zero-order chi connectivity index (χ0) is 13.1. The Morgan fingerprint density at radius 3 is 2.35 bits per heavy atom. The lowest BCUT2D eigenvalue weighted by Crippen LogP contribution is -2.27. The molecule has 0 aromatic heterocycles. The van der Waals surface area contributed by atoms with Crippen LogP contribution in [0.15, 0.2) is 11.8 Å². The maximum atomic E-state index is 11.3. The number of unbranched alkanes of at least 4 members (excludes halogenated alkanes) is 3. The smallest absolute Gasteiger partial charge is 0.254 e. The van der Waals surface area contributed by atoms with Gasteiger partial charge in [-0.2, -0.15) is 0 Å². The number of carbonyl (C=O) groups excluding carboxylic acids is 2. The summed E-state index contributed by atoms with van der Waals surface area (Å²) in [6.07, 6.45) is 5.92. The molecule has 0 saturated carbocycles. The second kappa shape index (κ2) is 9.38. The Labute approximate surface area is 101 Å². The van der Waals surface area contributed by atoms with Crippen molar-refractivity contribution < 1.29 is 9.59 Å². The number of nitrogens with two attached hydrogens (primary N) is 2. The van der Waals surface area contributed by atoms with Gasteiger partial charge in [-0.25, -0.2) is 0 Å². The van der Waals surface area contributed by atoms with Crippen molar-refractivity contribution >= 4 is 18.0 Å². The summed E-state index contributed by atoms with van der Waals surface area (Å²) in [5, 5.41) is 9.58. The molecule has 0 spiro atoms. The van der Waals surface area contributed by atoms with Crippen molar-refractivity contribution in [2.75, 3.05) is 6.54 Å². The van der Waals surface area contributed by atoms with E-state index in [0.717, 1.165) is 38.1 Å². The number of nitrogens with one attached hydrogen (secondary N) is 2. The van der Waals surface area contributed by atoms with Crippen molar-refractivity contribution in [2.45, 2.75) is 32.1 Å². The first kappa shape index (κ1) is 15.2. The zero-order valence-electron chi connectivity index (χ0n) is 9.87. The standard InChI is InChI=1S/C11H20N4O2/c12-7-9(8-13)11(17)15-6-4-2-1-3-5-10(14)16/h7-8,12H,1-6,13H2,(H2,14,16)(H,15,17)/b9-8+,12-7?. The van der Waals surface area contributed by atoms with E-state index in [1.807, 2.05) is 0 Å². The average molecular weight is 240 g/mol. The Hall–Kier alpha value is -1.85. The number of rotatable bonds is 9. The summed E-state index contributed by atoms with van der Waals surface area (Å²) < 4.78 is 0. The summed E-state index contributed by atoms with van der Waals surface area (Å²) in [6, 6.07) is 0. The van der Waals surface area contributed by atoms with Crippen molar-refractivity contribution in [3.05, 3.63) is 11.8 Å². The molecule has 0 saturated heterocycles. The number of hydrogen-bond acceptors (Lipinski definition) is 4. The molecule has 0 atom stereocenters. The normalized spacial score (nSPS) is 10.9. The van der Waals surface area contributed by atoms with Crippen LogP contribution in [-0.4, -0.2) is 24.6 Å². The van der Waals surface area contributed by atoms with E-state index in [2.05, 4.69) is 5.32 Å². The Kier molecular flexibility index (Phi) is 8.36. The van der Waals surface area contributed by atoms with E-state index in [9.17, 15) is 9.59 Å². The van der Waals surface area contributed by atoms with Gasteiger partial charge in [0.15, 0.2) is 0 Å². The highest BCUT2D eigenvalue weighted by Crippen LogP contribution is 2.01. The van der Waals surface area contributed by atoms with Crippen LogP contribution in [0.3, 0.4) is 0 Å². The summed E-state index contributed by atoms with van der Waals surface area (Å²) in [7, 11) is 0. The van der Waals surface area contributed by atoms with E-state index >= 15 is 0 Å². The summed E-state index contributed by atoms with van der Waals surface area (Å²) in [6.45, 7) is 0.542. The molecule has 0 aliphatic heterocycles. The molecule has 17 heavy (non-hydrogen) atoms. The molecule has 0 heterocycles. The van der Waals surface area contributed by atoms with Crippen molar-refractivity contribution in [1.29, 1.82) is 5.41 Å². The number of amides is 2. The van der Waals surface area contributed by atoms with Gasteiger partial charge in [0.1, 0.15) is 0 Å². The van der Waals surface area contributed by atoms with Crippen LogP contribution in [0.5, 0.6) is 0 Å². The van der Waals surface area contributed by atoms with E-state index in [1.165, 1.54) is 0 Å². The first-order valence-corrected chi connectivity index (χ1v) is 5.60. The summed E-state index contributed by atoms with van der Waals surface area (Å²) in [5.74, 6) is -0.610. The molecule has 0 fully saturated rings. The van der Waals surface area contributed by atoms with Crippen LogP contribution >= 0.6 is 0 Å². The Balaban J connectivity index is 3.49. The molecule has 6 nitrogen and oxygen atoms in total. The predicted molar refractivity (Wildman–Crippen MR) is 66.3 cm³/mol. The van der Waals surface area contributed by atoms with E-state index in [0.29, 0.717) is 13.0 Å². The molecule has 0 rings (SSSR count). The van der Waals surface area contributed by atoms with E-state index in [1.54, 1.807) is 0 Å². The minimum absolute atomic E-state index is 0.152. The van der Waals surface area contributed by atoms with E-state index in [-0.39, 0.29) is 17.4 Å². The summed E-state index contributed by atoms with van der Waals surface area (Å²) >= 11 is 0. The third-order valence-electron chi connectivity index (χ3n) is 2.23. The van der Waals surface area contributed by atoms with Crippen molar-refractivity contribution in [2.24, 2.45) is 11.5 Å².